The smallest absolute Gasteiger partial charge is 0.330 e. The molecule has 0 radical (unpaired) electrons. The number of hydrogen-bond acceptors (Lipinski definition) is 1. The van der Waals surface area contributed by atoms with Crippen molar-refractivity contribution in [2.24, 2.45) is 0 Å². The van der Waals surface area contributed by atoms with Crippen molar-refractivity contribution in [3.8, 4) is 0 Å². The van der Waals surface area contributed by atoms with Crippen molar-refractivity contribution in [3.05, 3.63) is 33.3 Å². The monoisotopic (exact) mass is 297 g/mol. The van der Waals surface area contributed by atoms with E-state index < -0.39 is 12.1 Å². The van der Waals surface area contributed by atoms with Gasteiger partial charge in [-0.05, 0) is 29.7 Å². The van der Waals surface area contributed by atoms with Gasteiger partial charge in [0.15, 0.2) is 0 Å². The second kappa shape index (κ2) is 4.63. The van der Waals surface area contributed by atoms with E-state index in [1.54, 1.807) is 6.07 Å². The lowest BCUT2D eigenvalue weighted by Gasteiger charge is -2.29. The Labute approximate surface area is 111 Å². The molecule has 0 unspecified atom stereocenters. The first-order valence-corrected chi connectivity index (χ1v) is 5.87. The van der Waals surface area contributed by atoms with E-state index in [0.717, 1.165) is 10.5 Å². The molecule has 0 saturated carbocycles. The summed E-state index contributed by atoms with van der Waals surface area (Å²) in [6, 6.07) is 3.14. The molecule has 0 aliphatic carbocycles. The highest BCUT2D eigenvalue weighted by atomic mass is 35.5. The van der Waals surface area contributed by atoms with Crippen molar-refractivity contribution >= 4 is 29.1 Å². The Kier molecular flexibility index (Phi) is 3.47. The van der Waals surface area contributed by atoms with Gasteiger partial charge in [-0.2, -0.15) is 13.2 Å². The minimum Gasteiger partial charge on any atom is -0.330 e. The minimum atomic E-state index is -4.84. The van der Waals surface area contributed by atoms with Crippen LogP contribution in [0.15, 0.2) is 12.1 Å². The molecule has 1 aliphatic heterocycles. The van der Waals surface area contributed by atoms with E-state index >= 15 is 0 Å². The topological polar surface area (TPSA) is 20.3 Å². The summed E-state index contributed by atoms with van der Waals surface area (Å²) in [5.41, 5.74) is 1.43. The normalized spacial score (nSPS) is 15.5. The summed E-state index contributed by atoms with van der Waals surface area (Å²) in [5, 5.41) is 0.641. The van der Waals surface area contributed by atoms with Gasteiger partial charge in [-0.3, -0.25) is 4.79 Å². The lowest BCUT2D eigenvalue weighted by molar-refractivity contribution is -0.186. The standard InChI is InChI=1S/C11H8Cl2F3NO/c12-8-3-6-1-2-17(10(18)11(14,15)16)5-7(6)4-9(8)13/h3-4H,1-2,5H2. The Morgan fingerprint density at radius 3 is 2.28 bits per heavy atom. The summed E-state index contributed by atoms with van der Waals surface area (Å²) in [5.74, 6) is -1.82. The molecule has 1 amide bonds. The third kappa shape index (κ3) is 2.57. The van der Waals surface area contributed by atoms with Gasteiger partial charge in [0.25, 0.3) is 0 Å². The number of halogens is 5. The number of benzene rings is 1. The predicted octanol–water partition coefficient (Wildman–Crippen LogP) is 3.44. The Morgan fingerprint density at radius 2 is 1.72 bits per heavy atom. The Balaban J connectivity index is 2.25. The van der Waals surface area contributed by atoms with E-state index in [9.17, 15) is 18.0 Å². The van der Waals surface area contributed by atoms with Crippen LogP contribution in [0.2, 0.25) is 10.0 Å². The molecule has 7 heteroatoms. The maximum absolute atomic E-state index is 12.3. The third-order valence-corrected chi connectivity index (χ3v) is 3.51. The van der Waals surface area contributed by atoms with Gasteiger partial charge in [0.1, 0.15) is 0 Å². The lowest BCUT2D eigenvalue weighted by Crippen LogP contribution is -2.43. The second-order valence-electron chi connectivity index (χ2n) is 4.01. The number of fused-ring (bicyclic) bond motifs is 1. The quantitative estimate of drug-likeness (QED) is 0.718. The maximum Gasteiger partial charge on any atom is 0.471 e. The molecule has 0 atom stereocenters. The van der Waals surface area contributed by atoms with Crippen molar-refractivity contribution in [2.75, 3.05) is 6.54 Å². The molecular weight excluding hydrogens is 290 g/mol. The largest absolute Gasteiger partial charge is 0.471 e. The second-order valence-corrected chi connectivity index (χ2v) is 4.82. The molecule has 18 heavy (non-hydrogen) atoms. The van der Waals surface area contributed by atoms with Gasteiger partial charge in [-0.1, -0.05) is 23.2 Å². The van der Waals surface area contributed by atoms with Crippen LogP contribution in [0, 0.1) is 0 Å². The van der Waals surface area contributed by atoms with Gasteiger partial charge in [0.05, 0.1) is 10.0 Å². The van der Waals surface area contributed by atoms with Crippen LogP contribution in [0.3, 0.4) is 0 Å². The first-order valence-electron chi connectivity index (χ1n) is 5.12. The summed E-state index contributed by atoms with van der Waals surface area (Å²) < 4.78 is 36.9. The van der Waals surface area contributed by atoms with Gasteiger partial charge in [-0.15, -0.1) is 0 Å². The van der Waals surface area contributed by atoms with Gasteiger partial charge >= 0.3 is 12.1 Å². The van der Waals surface area contributed by atoms with E-state index in [-0.39, 0.29) is 18.1 Å². The van der Waals surface area contributed by atoms with Crippen molar-refractivity contribution in [2.45, 2.75) is 19.1 Å². The molecule has 2 rings (SSSR count). The fourth-order valence-corrected chi connectivity index (χ4v) is 2.27. The highest BCUT2D eigenvalue weighted by Crippen LogP contribution is 2.30. The van der Waals surface area contributed by atoms with E-state index in [4.69, 9.17) is 23.2 Å². The van der Waals surface area contributed by atoms with Crippen LogP contribution in [0.1, 0.15) is 11.1 Å². The Bertz CT molecular complexity index is 502. The van der Waals surface area contributed by atoms with Crippen LogP contribution >= 0.6 is 23.2 Å². The fraction of sp³-hybridized carbons (Fsp3) is 0.364. The number of alkyl halides is 3. The SMILES string of the molecule is O=C(N1CCc2cc(Cl)c(Cl)cc2C1)C(F)(F)F. The lowest BCUT2D eigenvalue weighted by atomic mass is 10.00. The molecule has 0 spiro atoms. The van der Waals surface area contributed by atoms with Gasteiger partial charge in [0, 0.05) is 13.1 Å². The molecule has 1 aromatic rings. The van der Waals surface area contributed by atoms with Gasteiger partial charge < -0.3 is 4.90 Å². The number of carbonyl (C=O) groups is 1. The van der Waals surface area contributed by atoms with Crippen LogP contribution in [0.5, 0.6) is 0 Å². The van der Waals surface area contributed by atoms with E-state index in [0.29, 0.717) is 17.0 Å². The molecule has 0 aromatic heterocycles. The summed E-state index contributed by atoms with van der Waals surface area (Å²) in [6.45, 7) is -0.0616. The van der Waals surface area contributed by atoms with Crippen LogP contribution in [-0.2, 0) is 17.8 Å². The first-order chi connectivity index (χ1) is 8.29. The van der Waals surface area contributed by atoms with Gasteiger partial charge in [0.2, 0.25) is 0 Å². The summed E-state index contributed by atoms with van der Waals surface area (Å²) in [6.07, 6.45) is -4.50. The molecule has 0 saturated heterocycles. The molecule has 2 nitrogen and oxygen atoms in total. The van der Waals surface area contributed by atoms with Gasteiger partial charge in [-0.25, -0.2) is 0 Å². The zero-order valence-corrected chi connectivity index (χ0v) is 10.5. The number of amides is 1. The van der Waals surface area contributed by atoms with Crippen LogP contribution in [0.4, 0.5) is 13.2 Å². The third-order valence-electron chi connectivity index (χ3n) is 2.78. The van der Waals surface area contributed by atoms with E-state index in [1.165, 1.54) is 6.07 Å². The summed E-state index contributed by atoms with van der Waals surface area (Å²) in [4.78, 5) is 11.9. The Morgan fingerprint density at radius 1 is 1.17 bits per heavy atom. The molecule has 1 aliphatic rings. The summed E-state index contributed by atoms with van der Waals surface area (Å²) in [7, 11) is 0. The van der Waals surface area contributed by atoms with E-state index in [2.05, 4.69) is 0 Å². The van der Waals surface area contributed by atoms with Crippen LogP contribution in [-0.4, -0.2) is 23.5 Å². The average Bonchev–Trinajstić information content (AvgIpc) is 2.28. The highest BCUT2D eigenvalue weighted by Gasteiger charge is 2.43. The average molecular weight is 298 g/mol. The fourth-order valence-electron chi connectivity index (χ4n) is 1.90. The summed E-state index contributed by atoms with van der Waals surface area (Å²) >= 11 is 11.6. The minimum absolute atomic E-state index is 0.0311. The maximum atomic E-state index is 12.3. The molecule has 1 aromatic carbocycles. The number of carbonyl (C=O) groups excluding carboxylic acids is 1. The van der Waals surface area contributed by atoms with Crippen molar-refractivity contribution in [1.82, 2.24) is 4.90 Å². The van der Waals surface area contributed by atoms with Crippen molar-refractivity contribution in [3.63, 3.8) is 0 Å². The molecule has 1 heterocycles. The number of hydrogen-bond donors (Lipinski definition) is 0. The first kappa shape index (κ1) is 13.5. The molecule has 98 valence electrons. The molecular formula is C11H8Cl2F3NO. The van der Waals surface area contributed by atoms with Crippen molar-refractivity contribution in [1.29, 1.82) is 0 Å². The number of rotatable bonds is 0. The van der Waals surface area contributed by atoms with Crippen molar-refractivity contribution < 1.29 is 18.0 Å². The molecule has 0 fully saturated rings. The van der Waals surface area contributed by atoms with Crippen LogP contribution < -0.4 is 0 Å². The molecule has 0 bridgehead atoms. The molecule has 0 N–H and O–H groups in total. The number of nitrogens with zero attached hydrogens (tertiary/aromatic N) is 1. The van der Waals surface area contributed by atoms with Crippen LogP contribution in [0.25, 0.3) is 0 Å². The highest BCUT2D eigenvalue weighted by molar-refractivity contribution is 6.42. The zero-order chi connectivity index (χ0) is 13.5. The predicted molar refractivity (Wildman–Crippen MR) is 61.6 cm³/mol. The van der Waals surface area contributed by atoms with E-state index in [1.807, 2.05) is 0 Å². The Hall–Kier alpha value is -0.940. The zero-order valence-electron chi connectivity index (χ0n) is 9.02.